The molecule has 0 aliphatic rings. The van der Waals surface area contributed by atoms with Crippen LogP contribution >= 0.6 is 0 Å². The van der Waals surface area contributed by atoms with Gasteiger partial charge in [0.25, 0.3) is 10.1 Å². The molecule has 0 saturated heterocycles. The third-order valence-corrected chi connectivity index (χ3v) is 10.9. The maximum Gasteiger partial charge on any atom is 0.267 e. The van der Waals surface area contributed by atoms with Gasteiger partial charge in [0.2, 0.25) is 5.91 Å². The molecule has 3 unspecified atom stereocenters. The van der Waals surface area contributed by atoms with E-state index in [9.17, 15) is 28.0 Å². The quantitative estimate of drug-likeness (QED) is 0.0280. The fourth-order valence-corrected chi connectivity index (χ4v) is 7.44. The summed E-state index contributed by atoms with van der Waals surface area (Å²) in [5.74, 6) is -1.56. The zero-order valence-electron chi connectivity index (χ0n) is 34.5. The Morgan fingerprint density at radius 3 is 1.25 bits per heavy atom. The van der Waals surface area contributed by atoms with Crippen LogP contribution in [0.5, 0.6) is 0 Å². The number of hydrogen-bond acceptors (Lipinski definition) is 5. The van der Waals surface area contributed by atoms with E-state index in [1.807, 2.05) is 0 Å². The monoisotopic (exact) mass is 768 g/mol. The van der Waals surface area contributed by atoms with Gasteiger partial charge in [-0.05, 0) is 57.8 Å². The van der Waals surface area contributed by atoms with E-state index in [2.05, 4.69) is 43.5 Å². The van der Waals surface area contributed by atoms with E-state index in [-0.39, 0.29) is 6.42 Å². The Morgan fingerprint density at radius 2 is 0.849 bits per heavy atom. The minimum absolute atomic E-state index is 0.267. The van der Waals surface area contributed by atoms with Gasteiger partial charge in [-0.1, -0.05) is 198 Å². The van der Waals surface area contributed by atoms with Gasteiger partial charge in [-0.3, -0.25) is 9.35 Å². The second-order valence-corrected chi connectivity index (χ2v) is 17.0. The minimum atomic E-state index is -4.45. The van der Waals surface area contributed by atoms with Gasteiger partial charge in [0.1, 0.15) is 6.10 Å². The number of allylic oxidation sites excluding steroid dienone is 5. The van der Waals surface area contributed by atoms with Gasteiger partial charge in [0, 0.05) is 0 Å². The summed E-state index contributed by atoms with van der Waals surface area (Å²) in [6.45, 7) is 4.52. The Kier molecular flexibility index (Phi) is 37.7. The molecular weight excluding hydrogens is 683 g/mol. The van der Waals surface area contributed by atoms with Crippen LogP contribution in [0.4, 0.5) is 0 Å². The van der Waals surface area contributed by atoms with Gasteiger partial charge < -0.3 is 15.5 Å². The third-order valence-electron chi connectivity index (χ3n) is 10.1. The van der Waals surface area contributed by atoms with Crippen LogP contribution < -0.4 is 5.32 Å². The molecule has 4 N–H and O–H groups in total. The second kappa shape index (κ2) is 38.8. The second-order valence-electron chi connectivity index (χ2n) is 15.5. The van der Waals surface area contributed by atoms with Crippen LogP contribution in [-0.4, -0.2) is 53.1 Å². The lowest BCUT2D eigenvalue weighted by molar-refractivity contribution is -0.130. The predicted molar refractivity (Wildman–Crippen MR) is 227 cm³/mol. The molecule has 0 rings (SSSR count). The molecule has 3 atom stereocenters. The molecule has 53 heavy (non-hydrogen) atoms. The highest BCUT2D eigenvalue weighted by atomic mass is 32.2. The smallest absolute Gasteiger partial charge is 0.267 e. The number of aliphatic hydroxyl groups excluding tert-OH is 2. The van der Waals surface area contributed by atoms with E-state index in [1.54, 1.807) is 6.08 Å². The summed E-state index contributed by atoms with van der Waals surface area (Å²) in [7, 11) is -4.45. The van der Waals surface area contributed by atoms with Crippen molar-refractivity contribution in [1.29, 1.82) is 0 Å². The van der Waals surface area contributed by atoms with Gasteiger partial charge in [0.05, 0.1) is 17.9 Å². The Morgan fingerprint density at radius 1 is 0.509 bits per heavy atom. The Bertz CT molecular complexity index is 995. The molecule has 1 amide bonds. The number of aliphatic hydroxyl groups is 2. The van der Waals surface area contributed by atoms with Gasteiger partial charge >= 0.3 is 0 Å². The fraction of sp³-hybridized carbons (Fsp3) is 0.844. The SMILES string of the molecule is CCCCCCCCCC/C=C\CCCCCCCCC(O)C(=O)NC(CS(=O)(=O)O)C(O)/C=C/CC/C=C/CCCCCCCCCCCCCC. The zero-order chi connectivity index (χ0) is 39.1. The molecule has 0 heterocycles. The summed E-state index contributed by atoms with van der Waals surface area (Å²) in [5.41, 5.74) is 0. The molecule has 8 heteroatoms. The maximum atomic E-state index is 12.6. The average Bonchev–Trinajstić information content (AvgIpc) is 3.12. The van der Waals surface area contributed by atoms with Crippen molar-refractivity contribution >= 4 is 16.0 Å². The normalized spacial score (nSPS) is 14.1. The summed E-state index contributed by atoms with van der Waals surface area (Å²) in [6.07, 6.45) is 47.7. The van der Waals surface area contributed by atoms with Crippen molar-refractivity contribution < 1.29 is 28.0 Å². The summed E-state index contributed by atoms with van der Waals surface area (Å²) in [5, 5.41) is 23.4. The number of carbonyl (C=O) groups excluding carboxylic acids is 1. The first-order valence-corrected chi connectivity index (χ1v) is 23.9. The van der Waals surface area contributed by atoms with Crippen molar-refractivity contribution in [2.45, 2.75) is 238 Å². The predicted octanol–water partition coefficient (Wildman–Crippen LogP) is 12.3. The topological polar surface area (TPSA) is 124 Å². The van der Waals surface area contributed by atoms with Crippen LogP contribution in [0, 0.1) is 0 Å². The summed E-state index contributed by atoms with van der Waals surface area (Å²) >= 11 is 0. The van der Waals surface area contributed by atoms with Gasteiger partial charge in [-0.15, -0.1) is 0 Å². The zero-order valence-corrected chi connectivity index (χ0v) is 35.3. The van der Waals surface area contributed by atoms with E-state index in [0.717, 1.165) is 38.5 Å². The van der Waals surface area contributed by atoms with Gasteiger partial charge in [0.15, 0.2) is 0 Å². The standard InChI is InChI=1S/C45H85NO6S/c1-3-5-7-9-11-13-15-17-19-21-23-25-27-29-31-33-35-37-39-43(47)42(41-53(50,51)52)46-45(49)44(48)40-38-36-34-32-30-28-26-24-22-20-18-16-14-12-10-8-6-4-2/h22,24,29,31,37,39,42-44,47-48H,3-21,23,25-28,30,32-36,38,40-41H2,1-2H3,(H,46,49)(H,50,51,52)/b24-22-,31-29+,39-37+. The lowest BCUT2D eigenvalue weighted by atomic mass is 10.0. The lowest BCUT2D eigenvalue weighted by Gasteiger charge is -2.22. The summed E-state index contributed by atoms with van der Waals surface area (Å²) in [6, 6.07) is -1.25. The number of carbonyl (C=O) groups is 1. The van der Waals surface area contributed by atoms with Crippen LogP contribution in [0.2, 0.25) is 0 Å². The highest BCUT2D eigenvalue weighted by Crippen LogP contribution is 2.15. The molecule has 0 aliphatic heterocycles. The van der Waals surface area contributed by atoms with E-state index in [0.29, 0.717) is 12.8 Å². The Hall–Kier alpha value is -1.48. The van der Waals surface area contributed by atoms with E-state index in [1.165, 1.54) is 154 Å². The molecule has 0 aromatic rings. The number of amides is 1. The van der Waals surface area contributed by atoms with Crippen molar-refractivity contribution in [1.82, 2.24) is 5.32 Å². The maximum absolute atomic E-state index is 12.6. The molecule has 0 bridgehead atoms. The minimum Gasteiger partial charge on any atom is -0.387 e. The van der Waals surface area contributed by atoms with E-state index < -0.39 is 40.0 Å². The Balaban J connectivity index is 4.04. The summed E-state index contributed by atoms with van der Waals surface area (Å²) in [4.78, 5) is 12.6. The van der Waals surface area contributed by atoms with Crippen LogP contribution in [0.3, 0.4) is 0 Å². The average molecular weight is 768 g/mol. The largest absolute Gasteiger partial charge is 0.387 e. The van der Waals surface area contributed by atoms with E-state index >= 15 is 0 Å². The number of rotatable bonds is 40. The molecule has 0 aromatic heterocycles. The van der Waals surface area contributed by atoms with Crippen LogP contribution in [0.15, 0.2) is 36.5 Å². The first-order chi connectivity index (χ1) is 25.7. The number of nitrogens with one attached hydrogen (secondary N) is 1. The van der Waals surface area contributed by atoms with Crippen LogP contribution in [0.25, 0.3) is 0 Å². The van der Waals surface area contributed by atoms with Crippen molar-refractivity contribution in [2.24, 2.45) is 0 Å². The molecule has 7 nitrogen and oxygen atoms in total. The molecule has 0 radical (unpaired) electrons. The van der Waals surface area contributed by atoms with Crippen LogP contribution in [0.1, 0.15) is 219 Å². The van der Waals surface area contributed by atoms with Crippen molar-refractivity contribution in [3.8, 4) is 0 Å². The third kappa shape index (κ3) is 38.6. The van der Waals surface area contributed by atoms with Gasteiger partial charge in [-0.25, -0.2) is 0 Å². The molecule has 0 spiro atoms. The van der Waals surface area contributed by atoms with Crippen LogP contribution in [-0.2, 0) is 14.9 Å². The molecule has 0 saturated carbocycles. The first kappa shape index (κ1) is 51.5. The van der Waals surface area contributed by atoms with Crippen molar-refractivity contribution in [3.63, 3.8) is 0 Å². The number of unbranched alkanes of at least 4 members (excludes halogenated alkanes) is 27. The molecular formula is C45H85NO6S. The van der Waals surface area contributed by atoms with E-state index in [4.69, 9.17) is 0 Å². The van der Waals surface area contributed by atoms with Crippen molar-refractivity contribution in [2.75, 3.05) is 5.75 Å². The lowest BCUT2D eigenvalue weighted by Crippen LogP contribution is -2.50. The summed E-state index contributed by atoms with van der Waals surface area (Å²) < 4.78 is 32.6. The fourth-order valence-electron chi connectivity index (χ4n) is 6.70. The molecule has 0 aromatic carbocycles. The highest BCUT2D eigenvalue weighted by Gasteiger charge is 2.27. The first-order valence-electron chi connectivity index (χ1n) is 22.3. The van der Waals surface area contributed by atoms with Gasteiger partial charge in [-0.2, -0.15) is 8.42 Å². The van der Waals surface area contributed by atoms with Crippen molar-refractivity contribution in [3.05, 3.63) is 36.5 Å². The molecule has 0 aliphatic carbocycles. The molecule has 312 valence electrons. The molecule has 0 fully saturated rings. The highest BCUT2D eigenvalue weighted by molar-refractivity contribution is 7.85. The number of hydrogen-bond donors (Lipinski definition) is 4. The Labute approximate surface area is 328 Å².